The Labute approximate surface area is 93.3 Å². The maximum atomic E-state index is 11.1. The Bertz CT molecular complexity index is 398. The standard InChI is InChI=1S/C11H12N2O3/c12-4-5-13-11(15)8-16-10-3-1-2-9(6-10)7-14/h1-3,6,14H,5,7-8H2,(H,13,15). The molecule has 1 rings (SSSR count). The third-order valence-corrected chi connectivity index (χ3v) is 1.82. The number of rotatable bonds is 5. The molecule has 0 spiro atoms. The van der Waals surface area contributed by atoms with Gasteiger partial charge in [0.25, 0.3) is 5.91 Å². The molecule has 0 saturated heterocycles. The van der Waals surface area contributed by atoms with Crippen molar-refractivity contribution in [2.75, 3.05) is 13.2 Å². The smallest absolute Gasteiger partial charge is 0.258 e. The first-order valence-electron chi connectivity index (χ1n) is 4.72. The number of aliphatic hydroxyl groups excluding tert-OH is 1. The van der Waals surface area contributed by atoms with E-state index in [1.807, 2.05) is 0 Å². The summed E-state index contributed by atoms with van der Waals surface area (Å²) in [5.74, 6) is 0.162. The number of aliphatic hydroxyl groups is 1. The second-order valence-corrected chi connectivity index (χ2v) is 3.03. The number of ether oxygens (including phenoxy) is 1. The molecule has 0 unspecified atom stereocenters. The maximum Gasteiger partial charge on any atom is 0.258 e. The molecule has 0 aliphatic carbocycles. The summed E-state index contributed by atoms with van der Waals surface area (Å²) in [7, 11) is 0. The fourth-order valence-corrected chi connectivity index (χ4v) is 1.07. The molecule has 0 saturated carbocycles. The molecule has 0 aromatic heterocycles. The van der Waals surface area contributed by atoms with E-state index in [0.717, 1.165) is 5.56 Å². The molecule has 0 atom stereocenters. The van der Waals surface area contributed by atoms with E-state index < -0.39 is 0 Å². The molecular formula is C11H12N2O3. The highest BCUT2D eigenvalue weighted by molar-refractivity contribution is 5.77. The highest BCUT2D eigenvalue weighted by atomic mass is 16.5. The summed E-state index contributed by atoms with van der Waals surface area (Å²) in [6.07, 6.45) is 0. The average molecular weight is 220 g/mol. The Morgan fingerprint density at radius 2 is 2.38 bits per heavy atom. The minimum atomic E-state index is -0.351. The summed E-state index contributed by atoms with van der Waals surface area (Å²) in [4.78, 5) is 11.1. The molecule has 0 aliphatic rings. The van der Waals surface area contributed by atoms with Crippen molar-refractivity contribution in [1.82, 2.24) is 5.32 Å². The normalized spacial score (nSPS) is 9.25. The molecule has 0 bridgehead atoms. The Kier molecular flexibility index (Phi) is 4.83. The van der Waals surface area contributed by atoms with Crippen LogP contribution in [0.5, 0.6) is 5.75 Å². The molecule has 2 N–H and O–H groups in total. The van der Waals surface area contributed by atoms with Crippen LogP contribution >= 0.6 is 0 Å². The number of carbonyl (C=O) groups excluding carboxylic acids is 1. The number of hydrogen-bond acceptors (Lipinski definition) is 4. The van der Waals surface area contributed by atoms with Gasteiger partial charge in [-0.3, -0.25) is 4.79 Å². The first-order valence-corrected chi connectivity index (χ1v) is 4.72. The molecule has 5 heteroatoms. The fourth-order valence-electron chi connectivity index (χ4n) is 1.07. The predicted molar refractivity (Wildman–Crippen MR) is 56.5 cm³/mol. The zero-order valence-electron chi connectivity index (χ0n) is 8.64. The van der Waals surface area contributed by atoms with Crippen molar-refractivity contribution < 1.29 is 14.6 Å². The summed E-state index contributed by atoms with van der Waals surface area (Å²) >= 11 is 0. The van der Waals surface area contributed by atoms with E-state index in [9.17, 15) is 4.79 Å². The van der Waals surface area contributed by atoms with Gasteiger partial charge in [0.05, 0.1) is 12.7 Å². The number of carbonyl (C=O) groups is 1. The van der Waals surface area contributed by atoms with Crippen LogP contribution in [0, 0.1) is 11.3 Å². The van der Waals surface area contributed by atoms with Crippen LogP contribution in [-0.2, 0) is 11.4 Å². The quantitative estimate of drug-likeness (QED) is 0.694. The van der Waals surface area contributed by atoms with Crippen LogP contribution in [0.4, 0.5) is 0 Å². The van der Waals surface area contributed by atoms with E-state index in [0.29, 0.717) is 5.75 Å². The predicted octanol–water partition coefficient (Wildman–Crippen LogP) is 0.197. The minimum absolute atomic E-state index is 0.0289. The van der Waals surface area contributed by atoms with Crippen LogP contribution in [0.2, 0.25) is 0 Å². The van der Waals surface area contributed by atoms with Gasteiger partial charge in [0.15, 0.2) is 6.61 Å². The second kappa shape index (κ2) is 6.43. The molecule has 0 heterocycles. The largest absolute Gasteiger partial charge is 0.484 e. The van der Waals surface area contributed by atoms with Crippen LogP contribution in [0.15, 0.2) is 24.3 Å². The molecule has 16 heavy (non-hydrogen) atoms. The van der Waals surface area contributed by atoms with E-state index in [1.165, 1.54) is 0 Å². The van der Waals surface area contributed by atoms with E-state index >= 15 is 0 Å². The third-order valence-electron chi connectivity index (χ3n) is 1.82. The van der Waals surface area contributed by atoms with Gasteiger partial charge >= 0.3 is 0 Å². The maximum absolute atomic E-state index is 11.1. The molecule has 1 aromatic carbocycles. The first kappa shape index (κ1) is 12.0. The highest BCUT2D eigenvalue weighted by Gasteiger charge is 2.01. The number of hydrogen-bond donors (Lipinski definition) is 2. The molecule has 1 aromatic rings. The van der Waals surface area contributed by atoms with Crippen molar-refractivity contribution in [2.45, 2.75) is 6.61 Å². The molecule has 0 aliphatic heterocycles. The molecule has 5 nitrogen and oxygen atoms in total. The molecule has 84 valence electrons. The van der Waals surface area contributed by atoms with Crippen molar-refractivity contribution in [1.29, 1.82) is 5.26 Å². The highest BCUT2D eigenvalue weighted by Crippen LogP contribution is 2.12. The van der Waals surface area contributed by atoms with E-state index in [2.05, 4.69) is 5.32 Å². The van der Waals surface area contributed by atoms with Crippen molar-refractivity contribution in [2.24, 2.45) is 0 Å². The summed E-state index contributed by atoms with van der Waals surface area (Å²) in [5, 5.41) is 19.5. The van der Waals surface area contributed by atoms with Gasteiger partial charge < -0.3 is 15.2 Å². The first-order chi connectivity index (χ1) is 7.76. The minimum Gasteiger partial charge on any atom is -0.484 e. The summed E-state index contributed by atoms with van der Waals surface area (Å²) in [5.41, 5.74) is 0.718. The van der Waals surface area contributed by atoms with Gasteiger partial charge in [-0.2, -0.15) is 5.26 Å². The third kappa shape index (κ3) is 3.98. The van der Waals surface area contributed by atoms with Crippen molar-refractivity contribution in [3.8, 4) is 11.8 Å². The van der Waals surface area contributed by atoms with Crippen molar-refractivity contribution in [3.05, 3.63) is 29.8 Å². The zero-order valence-corrected chi connectivity index (χ0v) is 8.64. The summed E-state index contributed by atoms with van der Waals surface area (Å²) in [6, 6.07) is 8.62. The molecule has 1 amide bonds. The van der Waals surface area contributed by atoms with Crippen molar-refractivity contribution >= 4 is 5.91 Å². The molecular weight excluding hydrogens is 208 g/mol. The lowest BCUT2D eigenvalue weighted by molar-refractivity contribution is -0.122. The Balaban J connectivity index is 2.42. The summed E-state index contributed by atoms with van der Waals surface area (Å²) < 4.78 is 5.17. The van der Waals surface area contributed by atoms with Gasteiger partial charge in [-0.15, -0.1) is 0 Å². The van der Waals surface area contributed by atoms with Crippen LogP contribution in [0.25, 0.3) is 0 Å². The SMILES string of the molecule is N#CCNC(=O)COc1cccc(CO)c1. The van der Waals surface area contributed by atoms with Crippen LogP contribution < -0.4 is 10.1 Å². The van der Waals surface area contributed by atoms with Crippen LogP contribution in [0.3, 0.4) is 0 Å². The van der Waals surface area contributed by atoms with Gasteiger partial charge in [-0.1, -0.05) is 12.1 Å². The number of amides is 1. The topological polar surface area (TPSA) is 82.4 Å². The monoisotopic (exact) mass is 220 g/mol. The lowest BCUT2D eigenvalue weighted by atomic mass is 10.2. The van der Waals surface area contributed by atoms with Gasteiger partial charge in [0.2, 0.25) is 0 Å². The fraction of sp³-hybridized carbons (Fsp3) is 0.273. The van der Waals surface area contributed by atoms with Crippen molar-refractivity contribution in [3.63, 3.8) is 0 Å². The lowest BCUT2D eigenvalue weighted by Gasteiger charge is -2.06. The van der Waals surface area contributed by atoms with Gasteiger partial charge in [-0.25, -0.2) is 0 Å². The molecule has 0 radical (unpaired) electrons. The van der Waals surface area contributed by atoms with E-state index in [1.54, 1.807) is 30.3 Å². The number of benzene rings is 1. The molecule has 0 fully saturated rings. The van der Waals surface area contributed by atoms with Crippen LogP contribution in [-0.4, -0.2) is 24.2 Å². The Morgan fingerprint density at radius 1 is 1.56 bits per heavy atom. The average Bonchev–Trinajstić information content (AvgIpc) is 2.34. The number of nitrogens with zero attached hydrogens (tertiary/aromatic N) is 1. The van der Waals surface area contributed by atoms with Gasteiger partial charge in [-0.05, 0) is 17.7 Å². The van der Waals surface area contributed by atoms with Gasteiger partial charge in [0.1, 0.15) is 12.3 Å². The van der Waals surface area contributed by atoms with Gasteiger partial charge in [0, 0.05) is 0 Å². The second-order valence-electron chi connectivity index (χ2n) is 3.03. The van der Waals surface area contributed by atoms with E-state index in [-0.39, 0.29) is 25.7 Å². The Morgan fingerprint density at radius 3 is 3.06 bits per heavy atom. The Hall–Kier alpha value is -2.06. The van der Waals surface area contributed by atoms with E-state index in [4.69, 9.17) is 15.1 Å². The number of nitriles is 1. The number of nitrogens with one attached hydrogen (secondary N) is 1. The lowest BCUT2D eigenvalue weighted by Crippen LogP contribution is -2.29. The zero-order chi connectivity index (χ0) is 11.8. The summed E-state index contributed by atoms with van der Waals surface area (Å²) in [6.45, 7) is -0.243. The van der Waals surface area contributed by atoms with Crippen LogP contribution in [0.1, 0.15) is 5.56 Å².